The molecule has 0 fully saturated rings. The quantitative estimate of drug-likeness (QED) is 0.565. The van der Waals surface area contributed by atoms with Crippen molar-refractivity contribution in [3.63, 3.8) is 0 Å². The van der Waals surface area contributed by atoms with Crippen LogP contribution in [0, 0.1) is 5.41 Å². The third-order valence-electron chi connectivity index (χ3n) is 1.53. The van der Waals surface area contributed by atoms with Crippen molar-refractivity contribution in [1.82, 2.24) is 0 Å². The van der Waals surface area contributed by atoms with E-state index < -0.39 is 5.97 Å². The van der Waals surface area contributed by atoms with Gasteiger partial charge in [-0.05, 0) is 6.92 Å². The highest BCUT2D eigenvalue weighted by Crippen LogP contribution is 2.23. The van der Waals surface area contributed by atoms with Crippen molar-refractivity contribution >= 4 is 5.97 Å². The molecule has 3 heteroatoms. The molecule has 0 aromatic rings. The van der Waals surface area contributed by atoms with Crippen LogP contribution in [-0.4, -0.2) is 11.1 Å². The van der Waals surface area contributed by atoms with Gasteiger partial charge in [0.25, 0.3) is 0 Å². The molecule has 0 spiro atoms. The van der Waals surface area contributed by atoms with Gasteiger partial charge in [0.05, 0.1) is 5.57 Å². The summed E-state index contributed by atoms with van der Waals surface area (Å²) < 4.78 is 0. The number of allylic oxidation sites excluding steroid dienone is 1. The van der Waals surface area contributed by atoms with E-state index in [1.54, 1.807) is 0 Å². The van der Waals surface area contributed by atoms with Crippen molar-refractivity contribution in [3.05, 3.63) is 11.3 Å². The Morgan fingerprint density at radius 2 is 1.73 bits per heavy atom. The third-order valence-corrected chi connectivity index (χ3v) is 1.53. The van der Waals surface area contributed by atoms with E-state index in [4.69, 9.17) is 10.8 Å². The minimum atomic E-state index is -0.947. The first kappa shape index (κ1) is 10.0. The molecule has 0 radical (unpaired) electrons. The van der Waals surface area contributed by atoms with Gasteiger partial charge >= 0.3 is 5.97 Å². The maximum absolute atomic E-state index is 10.4. The van der Waals surface area contributed by atoms with Crippen LogP contribution >= 0.6 is 0 Å². The zero-order valence-corrected chi connectivity index (χ0v) is 7.43. The number of carboxylic acids is 1. The van der Waals surface area contributed by atoms with E-state index in [0.29, 0.717) is 5.70 Å². The zero-order valence-electron chi connectivity index (χ0n) is 7.43. The first-order chi connectivity index (χ1) is 4.76. The molecule has 0 aliphatic heterocycles. The average molecular weight is 157 g/mol. The molecule has 0 heterocycles. The molecule has 0 saturated heterocycles. The topological polar surface area (TPSA) is 63.3 Å². The Balaban J connectivity index is 4.82. The van der Waals surface area contributed by atoms with Gasteiger partial charge in [-0.1, -0.05) is 20.8 Å². The Morgan fingerprint density at radius 1 is 1.36 bits per heavy atom. The van der Waals surface area contributed by atoms with Crippen molar-refractivity contribution in [2.24, 2.45) is 11.1 Å². The van der Waals surface area contributed by atoms with Gasteiger partial charge in [0.1, 0.15) is 0 Å². The fourth-order valence-electron chi connectivity index (χ4n) is 0.678. The standard InChI is InChI=1S/C8H15NO2/c1-5(7(10)11)6(9)8(2,3)4/h9H2,1-4H3,(H,10,11). The first-order valence-electron chi connectivity index (χ1n) is 3.47. The van der Waals surface area contributed by atoms with Crippen molar-refractivity contribution in [2.75, 3.05) is 0 Å². The minimum Gasteiger partial charge on any atom is -0.478 e. The van der Waals surface area contributed by atoms with Crippen molar-refractivity contribution in [3.8, 4) is 0 Å². The lowest BCUT2D eigenvalue weighted by atomic mass is 9.89. The van der Waals surface area contributed by atoms with Crippen LogP contribution in [0.5, 0.6) is 0 Å². The van der Waals surface area contributed by atoms with E-state index in [2.05, 4.69) is 0 Å². The van der Waals surface area contributed by atoms with Gasteiger partial charge in [0.15, 0.2) is 0 Å². The molecule has 0 amide bonds. The second kappa shape index (κ2) is 2.95. The summed E-state index contributed by atoms with van der Waals surface area (Å²) in [6.07, 6.45) is 0. The number of hydrogen-bond acceptors (Lipinski definition) is 2. The van der Waals surface area contributed by atoms with Crippen LogP contribution in [0.1, 0.15) is 27.7 Å². The molecule has 0 bridgehead atoms. The molecule has 3 N–H and O–H groups in total. The van der Waals surface area contributed by atoms with Crippen LogP contribution in [-0.2, 0) is 4.79 Å². The molecular formula is C8H15NO2. The molecule has 0 aliphatic carbocycles. The Kier molecular flexibility index (Phi) is 2.68. The summed E-state index contributed by atoms with van der Waals surface area (Å²) in [5.41, 5.74) is 6.00. The van der Waals surface area contributed by atoms with E-state index in [-0.39, 0.29) is 11.0 Å². The SMILES string of the molecule is CC(C(=O)O)=C(N)C(C)(C)C. The number of nitrogens with two attached hydrogens (primary N) is 1. The van der Waals surface area contributed by atoms with Gasteiger partial charge < -0.3 is 10.8 Å². The van der Waals surface area contributed by atoms with Crippen LogP contribution in [0.2, 0.25) is 0 Å². The lowest BCUT2D eigenvalue weighted by Crippen LogP contribution is -2.21. The van der Waals surface area contributed by atoms with Crippen molar-refractivity contribution < 1.29 is 9.90 Å². The molecule has 0 atom stereocenters. The molecular weight excluding hydrogens is 142 g/mol. The number of hydrogen-bond donors (Lipinski definition) is 2. The number of carbonyl (C=O) groups is 1. The van der Waals surface area contributed by atoms with E-state index in [9.17, 15) is 4.79 Å². The normalized spacial score (nSPS) is 14.2. The Morgan fingerprint density at radius 3 is 1.82 bits per heavy atom. The predicted octanol–water partition coefficient (Wildman–Crippen LogP) is 1.35. The average Bonchev–Trinajstić information content (AvgIpc) is 1.82. The lowest BCUT2D eigenvalue weighted by Gasteiger charge is -2.20. The summed E-state index contributed by atoms with van der Waals surface area (Å²) >= 11 is 0. The third kappa shape index (κ3) is 2.62. The number of rotatable bonds is 1. The molecule has 0 saturated carbocycles. The zero-order chi connectivity index (χ0) is 9.23. The number of carboxylic acid groups (broad SMARTS) is 1. The van der Waals surface area contributed by atoms with Gasteiger partial charge in [-0.15, -0.1) is 0 Å². The molecule has 0 aromatic heterocycles. The van der Waals surface area contributed by atoms with Crippen molar-refractivity contribution in [1.29, 1.82) is 0 Å². The van der Waals surface area contributed by atoms with Crippen LogP contribution in [0.4, 0.5) is 0 Å². The summed E-state index contributed by atoms with van der Waals surface area (Å²) in [6.45, 7) is 7.17. The highest BCUT2D eigenvalue weighted by molar-refractivity contribution is 5.86. The Hall–Kier alpha value is -0.990. The Bertz CT molecular complexity index is 199. The van der Waals surface area contributed by atoms with Gasteiger partial charge in [0.2, 0.25) is 0 Å². The van der Waals surface area contributed by atoms with Crippen LogP contribution in [0.3, 0.4) is 0 Å². The van der Waals surface area contributed by atoms with Crippen LogP contribution < -0.4 is 5.73 Å². The van der Waals surface area contributed by atoms with E-state index >= 15 is 0 Å². The molecule has 64 valence electrons. The molecule has 0 unspecified atom stereocenters. The summed E-state index contributed by atoms with van der Waals surface area (Å²) in [6, 6.07) is 0. The molecule has 11 heavy (non-hydrogen) atoms. The first-order valence-corrected chi connectivity index (χ1v) is 3.47. The Labute approximate surface area is 66.9 Å². The van der Waals surface area contributed by atoms with E-state index in [0.717, 1.165) is 0 Å². The summed E-state index contributed by atoms with van der Waals surface area (Å²) in [5.74, 6) is -0.947. The van der Waals surface area contributed by atoms with E-state index in [1.807, 2.05) is 20.8 Å². The highest BCUT2D eigenvalue weighted by atomic mass is 16.4. The second-order valence-electron chi connectivity index (χ2n) is 3.59. The fourth-order valence-corrected chi connectivity index (χ4v) is 0.678. The predicted molar refractivity (Wildman–Crippen MR) is 44.0 cm³/mol. The largest absolute Gasteiger partial charge is 0.478 e. The molecule has 0 aliphatic rings. The summed E-state index contributed by atoms with van der Waals surface area (Å²) in [5, 5.41) is 8.58. The summed E-state index contributed by atoms with van der Waals surface area (Å²) in [7, 11) is 0. The maximum atomic E-state index is 10.4. The van der Waals surface area contributed by atoms with E-state index in [1.165, 1.54) is 6.92 Å². The lowest BCUT2D eigenvalue weighted by molar-refractivity contribution is -0.132. The smallest absolute Gasteiger partial charge is 0.333 e. The molecule has 0 aromatic carbocycles. The van der Waals surface area contributed by atoms with Crippen molar-refractivity contribution in [2.45, 2.75) is 27.7 Å². The second-order valence-corrected chi connectivity index (χ2v) is 3.59. The number of aliphatic carboxylic acids is 1. The maximum Gasteiger partial charge on any atom is 0.333 e. The van der Waals surface area contributed by atoms with Gasteiger partial charge in [0, 0.05) is 11.1 Å². The van der Waals surface area contributed by atoms with Gasteiger partial charge in [-0.2, -0.15) is 0 Å². The van der Waals surface area contributed by atoms with Gasteiger partial charge in [-0.3, -0.25) is 0 Å². The summed E-state index contributed by atoms with van der Waals surface area (Å²) in [4.78, 5) is 10.4. The fraction of sp³-hybridized carbons (Fsp3) is 0.625. The highest BCUT2D eigenvalue weighted by Gasteiger charge is 2.18. The van der Waals surface area contributed by atoms with Crippen LogP contribution in [0.15, 0.2) is 11.3 Å². The monoisotopic (exact) mass is 157 g/mol. The molecule has 3 nitrogen and oxygen atoms in total. The van der Waals surface area contributed by atoms with Crippen LogP contribution in [0.25, 0.3) is 0 Å². The minimum absolute atomic E-state index is 0.234. The molecule has 0 rings (SSSR count). The van der Waals surface area contributed by atoms with Gasteiger partial charge in [-0.25, -0.2) is 4.79 Å².